The Hall–Kier alpha value is -0.200. The van der Waals surface area contributed by atoms with Gasteiger partial charge < -0.3 is 25.7 Å². The third-order valence-electron chi connectivity index (χ3n) is 4.70. The van der Waals surface area contributed by atoms with Crippen LogP contribution in [0.2, 0.25) is 0 Å². The number of ether oxygens (including phenoxy) is 3. The Labute approximate surface area is 162 Å². The largest absolute Gasteiger partial charge is 0.329 e. The van der Waals surface area contributed by atoms with Crippen LogP contribution in [0.25, 0.3) is 0 Å². The van der Waals surface area contributed by atoms with Gasteiger partial charge in [0.15, 0.2) is 0 Å². The summed E-state index contributed by atoms with van der Waals surface area (Å²) in [4.78, 5) is 0. The van der Waals surface area contributed by atoms with E-state index in [2.05, 4.69) is 0 Å². The van der Waals surface area contributed by atoms with Crippen LogP contribution >= 0.6 is 0 Å². The molecule has 5 nitrogen and oxygen atoms in total. The molecule has 0 aliphatic heterocycles. The van der Waals surface area contributed by atoms with Crippen molar-refractivity contribution in [3.63, 3.8) is 0 Å². The molecule has 0 radical (unpaired) electrons. The maximum absolute atomic E-state index is 5.82. The topological polar surface area (TPSA) is 79.7 Å². The van der Waals surface area contributed by atoms with Crippen LogP contribution in [0.3, 0.4) is 0 Å². The highest BCUT2D eigenvalue weighted by Crippen LogP contribution is 2.24. The molecule has 1 unspecified atom stereocenters. The van der Waals surface area contributed by atoms with Gasteiger partial charge in [-0.05, 0) is 33.6 Å². The summed E-state index contributed by atoms with van der Waals surface area (Å²) < 4.78 is 17.3. The van der Waals surface area contributed by atoms with Crippen LogP contribution in [0.1, 0.15) is 97.8 Å². The van der Waals surface area contributed by atoms with Gasteiger partial charge >= 0.3 is 0 Å². The van der Waals surface area contributed by atoms with E-state index in [1.807, 2.05) is 20.8 Å². The van der Waals surface area contributed by atoms with Gasteiger partial charge in [-0.3, -0.25) is 0 Å². The fraction of sp³-hybridized carbons (Fsp3) is 1.00. The van der Waals surface area contributed by atoms with Gasteiger partial charge in [0.1, 0.15) is 0 Å². The molecular formula is C21H46N2O3. The van der Waals surface area contributed by atoms with Gasteiger partial charge in [0.2, 0.25) is 0 Å². The van der Waals surface area contributed by atoms with E-state index in [-0.39, 0.29) is 6.04 Å². The Morgan fingerprint density at radius 1 is 0.654 bits per heavy atom. The molecule has 0 saturated carbocycles. The third kappa shape index (κ3) is 13.9. The molecule has 0 aromatic rings. The number of hydrogen-bond acceptors (Lipinski definition) is 5. The Balaban J connectivity index is 3.58. The van der Waals surface area contributed by atoms with Gasteiger partial charge in [-0.1, -0.05) is 57.8 Å². The van der Waals surface area contributed by atoms with Gasteiger partial charge in [-0.2, -0.15) is 0 Å². The van der Waals surface area contributed by atoms with Crippen molar-refractivity contribution in [2.75, 3.05) is 26.4 Å². The quantitative estimate of drug-likeness (QED) is 0.238. The lowest BCUT2D eigenvalue weighted by Gasteiger charge is -2.32. The fourth-order valence-electron chi connectivity index (χ4n) is 3.28. The number of rotatable bonds is 20. The maximum atomic E-state index is 5.82. The monoisotopic (exact) mass is 374 g/mol. The molecule has 0 aromatic carbocycles. The number of unbranched alkanes of at least 4 members (excludes halogenated alkanes) is 9. The molecule has 0 fully saturated rings. The molecule has 1 atom stereocenters. The Morgan fingerprint density at radius 2 is 1.04 bits per heavy atom. The van der Waals surface area contributed by atoms with E-state index >= 15 is 0 Å². The summed E-state index contributed by atoms with van der Waals surface area (Å²) in [6, 6.07) is 0.196. The second kappa shape index (κ2) is 18.2. The molecule has 0 spiro atoms. The highest BCUT2D eigenvalue weighted by molar-refractivity contribution is 4.61. The lowest BCUT2D eigenvalue weighted by atomic mass is 10.0. The zero-order valence-electron chi connectivity index (χ0n) is 17.8. The van der Waals surface area contributed by atoms with Crippen LogP contribution in [0.5, 0.6) is 0 Å². The first-order valence-electron chi connectivity index (χ1n) is 11.0. The molecule has 0 heterocycles. The average Bonchev–Trinajstić information content (AvgIpc) is 2.63. The molecule has 0 aliphatic rings. The zero-order valence-corrected chi connectivity index (χ0v) is 17.8. The molecule has 5 heteroatoms. The summed E-state index contributed by atoms with van der Waals surface area (Å²) >= 11 is 0. The number of hydrogen-bond donors (Lipinski definition) is 2. The molecule has 0 rings (SSSR count). The second-order valence-electron chi connectivity index (χ2n) is 7.05. The lowest BCUT2D eigenvalue weighted by Crippen LogP contribution is -2.39. The van der Waals surface area contributed by atoms with Crippen LogP contribution < -0.4 is 11.5 Å². The zero-order chi connectivity index (χ0) is 19.5. The predicted octanol–water partition coefficient (Wildman–Crippen LogP) is 4.72. The summed E-state index contributed by atoms with van der Waals surface area (Å²) in [5.41, 5.74) is 11.3. The van der Waals surface area contributed by atoms with Crippen molar-refractivity contribution in [2.24, 2.45) is 11.5 Å². The van der Waals surface area contributed by atoms with E-state index in [9.17, 15) is 0 Å². The van der Waals surface area contributed by atoms with Crippen molar-refractivity contribution >= 4 is 0 Å². The van der Waals surface area contributed by atoms with Crippen molar-refractivity contribution in [3.05, 3.63) is 0 Å². The summed E-state index contributed by atoms with van der Waals surface area (Å²) in [5.74, 6) is -0.829. The lowest BCUT2D eigenvalue weighted by molar-refractivity contribution is -0.380. The van der Waals surface area contributed by atoms with Gasteiger partial charge in [0.25, 0.3) is 5.97 Å². The number of nitrogens with two attached hydrogens (primary N) is 2. The summed E-state index contributed by atoms with van der Waals surface area (Å²) in [6.07, 6.45) is 14.7. The summed E-state index contributed by atoms with van der Waals surface area (Å²) in [5, 5.41) is 0. The molecule has 4 N–H and O–H groups in total. The summed E-state index contributed by atoms with van der Waals surface area (Å²) in [7, 11) is 0. The van der Waals surface area contributed by atoms with Crippen molar-refractivity contribution in [2.45, 2.75) is 110 Å². The molecule has 26 heavy (non-hydrogen) atoms. The van der Waals surface area contributed by atoms with E-state index in [1.54, 1.807) is 0 Å². The second-order valence-corrected chi connectivity index (χ2v) is 7.05. The van der Waals surface area contributed by atoms with Gasteiger partial charge in [0.05, 0.1) is 0 Å². The highest BCUT2D eigenvalue weighted by atomic mass is 16.9. The molecular weight excluding hydrogens is 328 g/mol. The average molecular weight is 375 g/mol. The SMILES string of the molecule is CCOC(CCCCCCCCCCCCC(N)CN)(OCC)OCC. The van der Waals surface area contributed by atoms with Crippen LogP contribution in [-0.2, 0) is 14.2 Å². The molecule has 0 aromatic heterocycles. The van der Waals surface area contributed by atoms with Gasteiger partial charge in [0, 0.05) is 38.8 Å². The Kier molecular flexibility index (Phi) is 18.0. The van der Waals surface area contributed by atoms with Gasteiger partial charge in [-0.25, -0.2) is 0 Å². The molecule has 0 aliphatic carbocycles. The Bertz CT molecular complexity index is 273. The van der Waals surface area contributed by atoms with E-state index < -0.39 is 5.97 Å². The minimum absolute atomic E-state index is 0.196. The van der Waals surface area contributed by atoms with E-state index in [4.69, 9.17) is 25.7 Å². The summed E-state index contributed by atoms with van der Waals surface area (Å²) in [6.45, 7) is 8.40. The maximum Gasteiger partial charge on any atom is 0.282 e. The van der Waals surface area contributed by atoms with Crippen molar-refractivity contribution in [3.8, 4) is 0 Å². The minimum atomic E-state index is -0.829. The Morgan fingerprint density at radius 3 is 1.42 bits per heavy atom. The van der Waals surface area contributed by atoms with E-state index in [0.29, 0.717) is 26.4 Å². The first-order valence-corrected chi connectivity index (χ1v) is 11.0. The standard InChI is InChI=1S/C21H46N2O3/c1-4-24-21(25-5-2,26-6-3)18-16-14-12-10-8-7-9-11-13-15-17-20(23)19-22/h20H,4-19,22-23H2,1-3H3. The first-order chi connectivity index (χ1) is 12.6. The normalized spacial score (nSPS) is 13.3. The van der Waals surface area contributed by atoms with E-state index in [0.717, 1.165) is 19.3 Å². The molecule has 158 valence electrons. The highest BCUT2D eigenvalue weighted by Gasteiger charge is 2.31. The molecule has 0 bridgehead atoms. The predicted molar refractivity (Wildman–Crippen MR) is 110 cm³/mol. The smallest absolute Gasteiger partial charge is 0.282 e. The first kappa shape index (κ1) is 25.8. The van der Waals surface area contributed by atoms with Crippen molar-refractivity contribution in [1.82, 2.24) is 0 Å². The van der Waals surface area contributed by atoms with Crippen LogP contribution in [0.4, 0.5) is 0 Å². The van der Waals surface area contributed by atoms with Crippen LogP contribution in [-0.4, -0.2) is 38.4 Å². The fourth-order valence-corrected chi connectivity index (χ4v) is 3.28. The molecule has 0 amide bonds. The van der Waals surface area contributed by atoms with Crippen molar-refractivity contribution in [1.29, 1.82) is 0 Å². The van der Waals surface area contributed by atoms with Crippen LogP contribution in [0, 0.1) is 0 Å². The van der Waals surface area contributed by atoms with E-state index in [1.165, 1.54) is 57.8 Å². The van der Waals surface area contributed by atoms with Crippen LogP contribution in [0.15, 0.2) is 0 Å². The van der Waals surface area contributed by atoms with Crippen molar-refractivity contribution < 1.29 is 14.2 Å². The van der Waals surface area contributed by atoms with Gasteiger partial charge in [-0.15, -0.1) is 0 Å². The third-order valence-corrected chi connectivity index (χ3v) is 4.70. The minimum Gasteiger partial charge on any atom is -0.329 e. The molecule has 0 saturated heterocycles.